The maximum Gasteiger partial charge on any atom is 0.176 e. The van der Waals surface area contributed by atoms with Crippen LogP contribution in [0.2, 0.25) is 25.1 Å². The highest BCUT2D eigenvalue weighted by atomic mass is 35.5. The third kappa shape index (κ3) is 5.64. The summed E-state index contributed by atoms with van der Waals surface area (Å²) >= 11 is 35.6. The largest absolute Gasteiger partial charge is 0.332 e. The Labute approximate surface area is 186 Å². The predicted octanol–water partition coefficient (Wildman–Crippen LogP) is 7.01. The molecule has 0 aliphatic rings. The molecule has 0 saturated heterocycles. The van der Waals surface area contributed by atoms with Crippen LogP contribution < -0.4 is 10.6 Å². The second-order valence-electron chi connectivity index (χ2n) is 5.50. The van der Waals surface area contributed by atoms with E-state index < -0.39 is 0 Å². The third-order valence-corrected chi connectivity index (χ3v) is 4.92. The van der Waals surface area contributed by atoms with Crippen molar-refractivity contribution in [3.8, 4) is 0 Å². The van der Waals surface area contributed by atoms with E-state index in [1.54, 1.807) is 41.2 Å². The first-order chi connectivity index (χ1) is 12.8. The number of benzene rings is 2. The second-order valence-corrected chi connectivity index (χ2v) is 8.03. The van der Waals surface area contributed by atoms with Crippen LogP contribution in [0.1, 0.15) is 5.56 Å². The number of hydrogen-bond acceptors (Lipinski definition) is 2. The van der Waals surface area contributed by atoms with Crippen LogP contribution in [0.3, 0.4) is 0 Å². The zero-order valence-corrected chi connectivity index (χ0v) is 18.0. The van der Waals surface area contributed by atoms with E-state index in [0.717, 1.165) is 5.56 Å². The minimum atomic E-state index is 0.296. The van der Waals surface area contributed by atoms with Gasteiger partial charge < -0.3 is 10.6 Å². The van der Waals surface area contributed by atoms with Crippen LogP contribution in [0.4, 0.5) is 11.5 Å². The van der Waals surface area contributed by atoms with E-state index in [9.17, 15) is 0 Å². The smallest absolute Gasteiger partial charge is 0.176 e. The number of aromatic nitrogens is 2. The molecule has 0 amide bonds. The molecule has 3 rings (SSSR count). The fourth-order valence-electron chi connectivity index (χ4n) is 2.28. The van der Waals surface area contributed by atoms with Gasteiger partial charge in [0.05, 0.1) is 6.54 Å². The summed E-state index contributed by atoms with van der Waals surface area (Å²) in [4.78, 5) is 0. The van der Waals surface area contributed by atoms with Crippen molar-refractivity contribution < 1.29 is 0 Å². The highest BCUT2D eigenvalue weighted by molar-refractivity contribution is 7.80. The molecule has 0 bridgehead atoms. The van der Waals surface area contributed by atoms with Gasteiger partial charge in [-0.2, -0.15) is 5.10 Å². The normalized spacial score (nSPS) is 10.7. The van der Waals surface area contributed by atoms with Crippen LogP contribution in [0.5, 0.6) is 0 Å². The van der Waals surface area contributed by atoms with E-state index in [0.29, 0.717) is 48.3 Å². The van der Waals surface area contributed by atoms with Gasteiger partial charge in [-0.1, -0.05) is 64.1 Å². The monoisotopic (exact) mass is 478 g/mol. The van der Waals surface area contributed by atoms with E-state index in [1.165, 1.54) is 0 Å². The molecule has 2 N–H and O–H groups in total. The number of hydrogen-bond donors (Lipinski definition) is 2. The van der Waals surface area contributed by atoms with Crippen LogP contribution in [-0.2, 0) is 6.54 Å². The highest BCUT2D eigenvalue weighted by Crippen LogP contribution is 2.25. The third-order valence-electron chi connectivity index (χ3n) is 3.42. The van der Waals surface area contributed by atoms with Crippen molar-refractivity contribution in [3.05, 3.63) is 73.3 Å². The van der Waals surface area contributed by atoms with Crippen LogP contribution in [0, 0.1) is 0 Å². The Balaban J connectivity index is 1.69. The van der Waals surface area contributed by atoms with Gasteiger partial charge in [0.15, 0.2) is 10.9 Å². The van der Waals surface area contributed by atoms with E-state index in [-0.39, 0.29) is 0 Å². The summed E-state index contributed by atoms with van der Waals surface area (Å²) in [6.45, 7) is 0.432. The number of nitrogens with one attached hydrogen (secondary N) is 2. The lowest BCUT2D eigenvalue weighted by Gasteiger charge is -2.10. The Morgan fingerprint density at radius 1 is 0.889 bits per heavy atom. The van der Waals surface area contributed by atoms with Crippen LogP contribution >= 0.6 is 70.2 Å². The van der Waals surface area contributed by atoms with Gasteiger partial charge in [-0.3, -0.25) is 4.68 Å². The number of thiocarbonyl (C=S) groups is 1. The second kappa shape index (κ2) is 8.86. The van der Waals surface area contributed by atoms with Crippen LogP contribution in [0.15, 0.2) is 42.6 Å². The average molecular weight is 481 g/mol. The molecule has 3 aromatic rings. The molecule has 140 valence electrons. The van der Waals surface area contributed by atoms with E-state index in [4.69, 9.17) is 70.2 Å². The average Bonchev–Trinajstić information content (AvgIpc) is 2.88. The minimum absolute atomic E-state index is 0.296. The Morgan fingerprint density at radius 2 is 1.59 bits per heavy atom. The topological polar surface area (TPSA) is 41.9 Å². The van der Waals surface area contributed by atoms with Gasteiger partial charge in [0.2, 0.25) is 0 Å². The van der Waals surface area contributed by atoms with Gasteiger partial charge >= 0.3 is 0 Å². The van der Waals surface area contributed by atoms with Gasteiger partial charge in [0, 0.05) is 32.0 Å². The Kier molecular flexibility index (Phi) is 6.74. The first kappa shape index (κ1) is 20.5. The molecule has 0 fully saturated rings. The van der Waals surface area contributed by atoms with Gasteiger partial charge in [-0.15, -0.1) is 0 Å². The molecule has 27 heavy (non-hydrogen) atoms. The molecule has 2 aromatic carbocycles. The molecule has 4 nitrogen and oxygen atoms in total. The first-order valence-corrected chi connectivity index (χ1v) is 9.81. The highest BCUT2D eigenvalue weighted by Gasteiger charge is 2.11. The lowest BCUT2D eigenvalue weighted by atomic mass is 10.2. The summed E-state index contributed by atoms with van der Waals surface area (Å²) < 4.78 is 1.65. The quantitative estimate of drug-likeness (QED) is 0.394. The van der Waals surface area contributed by atoms with Crippen molar-refractivity contribution >= 4 is 86.8 Å². The molecule has 0 saturated carbocycles. The Bertz CT molecular complexity index is 985. The lowest BCUT2D eigenvalue weighted by Crippen LogP contribution is -2.19. The van der Waals surface area contributed by atoms with Crippen molar-refractivity contribution in [2.45, 2.75) is 6.54 Å². The Hall–Kier alpha value is -1.21. The van der Waals surface area contributed by atoms with E-state index in [1.807, 2.05) is 6.07 Å². The number of rotatable bonds is 4. The van der Waals surface area contributed by atoms with Crippen molar-refractivity contribution in [2.24, 2.45) is 0 Å². The Morgan fingerprint density at radius 3 is 2.26 bits per heavy atom. The van der Waals surface area contributed by atoms with Gasteiger partial charge in [-0.05, 0) is 48.1 Å². The molecular formula is C17H11Cl5N4S. The summed E-state index contributed by atoms with van der Waals surface area (Å²) in [5.74, 6) is 0.410. The number of nitrogens with zero attached hydrogens (tertiary/aromatic N) is 2. The molecule has 0 aliphatic carbocycles. The molecule has 0 unspecified atom stereocenters. The fraction of sp³-hybridized carbons (Fsp3) is 0.0588. The minimum Gasteiger partial charge on any atom is -0.332 e. The molecule has 0 radical (unpaired) electrons. The standard InChI is InChI=1S/C17H11Cl5N4S/c18-10-2-1-9(14(21)6-10)7-26-8-15(22)16(25-26)24-17(27)23-13-4-11(19)3-12(20)5-13/h1-6,8H,7H2,(H2,23,24,25,27). The van der Waals surface area contributed by atoms with Crippen molar-refractivity contribution in [1.82, 2.24) is 9.78 Å². The zero-order chi connectivity index (χ0) is 19.6. The SMILES string of the molecule is S=C(Nc1cc(Cl)cc(Cl)c1)Nc1nn(Cc2ccc(Cl)cc2Cl)cc1Cl. The fourth-order valence-corrected chi connectivity index (χ4v) is 3.69. The van der Waals surface area contributed by atoms with Crippen molar-refractivity contribution in [3.63, 3.8) is 0 Å². The molecular weight excluding hydrogens is 470 g/mol. The molecule has 0 spiro atoms. The maximum absolute atomic E-state index is 6.24. The molecule has 10 heteroatoms. The summed E-state index contributed by atoms with van der Waals surface area (Å²) in [6.07, 6.45) is 1.67. The lowest BCUT2D eigenvalue weighted by molar-refractivity contribution is 0.690. The number of halogens is 5. The predicted molar refractivity (Wildman–Crippen MR) is 119 cm³/mol. The molecule has 1 heterocycles. The van der Waals surface area contributed by atoms with Crippen molar-refractivity contribution in [1.29, 1.82) is 0 Å². The van der Waals surface area contributed by atoms with E-state index in [2.05, 4.69) is 15.7 Å². The van der Waals surface area contributed by atoms with Crippen LogP contribution in [-0.4, -0.2) is 14.9 Å². The maximum atomic E-state index is 6.24. The summed E-state index contributed by atoms with van der Waals surface area (Å²) in [6, 6.07) is 10.3. The molecule has 1 aromatic heterocycles. The molecule has 0 atom stereocenters. The molecule has 0 aliphatic heterocycles. The first-order valence-electron chi connectivity index (χ1n) is 7.51. The van der Waals surface area contributed by atoms with E-state index >= 15 is 0 Å². The van der Waals surface area contributed by atoms with Gasteiger partial charge in [0.1, 0.15) is 5.02 Å². The summed E-state index contributed by atoms with van der Waals surface area (Å²) in [5.41, 5.74) is 1.51. The van der Waals surface area contributed by atoms with Gasteiger partial charge in [-0.25, -0.2) is 0 Å². The van der Waals surface area contributed by atoms with Crippen molar-refractivity contribution in [2.75, 3.05) is 10.6 Å². The summed E-state index contributed by atoms with van der Waals surface area (Å²) in [5, 5.41) is 13.1. The van der Waals surface area contributed by atoms with Crippen LogP contribution in [0.25, 0.3) is 0 Å². The summed E-state index contributed by atoms with van der Waals surface area (Å²) in [7, 11) is 0. The zero-order valence-electron chi connectivity index (χ0n) is 13.4. The number of anilines is 2. The van der Waals surface area contributed by atoms with Gasteiger partial charge in [0.25, 0.3) is 0 Å².